The van der Waals surface area contributed by atoms with E-state index in [0.717, 1.165) is 10.9 Å². The van der Waals surface area contributed by atoms with Gasteiger partial charge in [-0.05, 0) is 42.5 Å². The molecule has 0 aliphatic heterocycles. The molecule has 2 aromatic carbocycles. The maximum absolute atomic E-state index is 12.4. The molecular weight excluding hydrogens is 316 g/mol. The Balaban J connectivity index is 1.48. The molecule has 0 radical (unpaired) electrons. The van der Waals surface area contributed by atoms with E-state index in [1.165, 1.54) is 0 Å². The number of fused-ring (bicyclic) bond motifs is 1. The maximum Gasteiger partial charge on any atom is 0.276 e. The second-order valence-electron chi connectivity index (χ2n) is 5.38. The molecule has 2 aromatic heterocycles. The fraction of sp³-hybridized carbons (Fsp3) is 0. The van der Waals surface area contributed by atoms with E-state index in [0.29, 0.717) is 22.9 Å². The Morgan fingerprint density at radius 1 is 0.920 bits per heavy atom. The largest absolute Gasteiger partial charge is 0.457 e. The van der Waals surface area contributed by atoms with Crippen molar-refractivity contribution in [3.05, 3.63) is 78.8 Å². The minimum Gasteiger partial charge on any atom is -0.457 e. The van der Waals surface area contributed by atoms with Gasteiger partial charge >= 0.3 is 0 Å². The lowest BCUT2D eigenvalue weighted by Gasteiger charge is -2.07. The van der Waals surface area contributed by atoms with Crippen molar-refractivity contribution in [3.63, 3.8) is 0 Å². The van der Waals surface area contributed by atoms with Crippen LogP contribution in [0.4, 0.5) is 5.69 Å². The monoisotopic (exact) mass is 330 g/mol. The van der Waals surface area contributed by atoms with Crippen LogP contribution in [0.3, 0.4) is 0 Å². The molecule has 25 heavy (non-hydrogen) atoms. The third kappa shape index (κ3) is 3.18. The number of hydrogen-bond donors (Lipinski definition) is 2. The van der Waals surface area contributed by atoms with Crippen LogP contribution in [0.15, 0.2) is 73.1 Å². The average Bonchev–Trinajstić information content (AvgIpc) is 3.08. The van der Waals surface area contributed by atoms with Crippen molar-refractivity contribution < 1.29 is 9.53 Å². The molecule has 0 unspecified atom stereocenters. The van der Waals surface area contributed by atoms with E-state index in [1.807, 2.05) is 24.3 Å². The molecule has 1 amide bonds. The van der Waals surface area contributed by atoms with Gasteiger partial charge in [-0.1, -0.05) is 18.2 Å². The second-order valence-corrected chi connectivity index (χ2v) is 5.38. The molecule has 0 aliphatic carbocycles. The summed E-state index contributed by atoms with van der Waals surface area (Å²) in [6, 6.07) is 18.2. The maximum atomic E-state index is 12.4. The van der Waals surface area contributed by atoms with Gasteiger partial charge in [0, 0.05) is 23.5 Å². The molecule has 2 heterocycles. The van der Waals surface area contributed by atoms with Gasteiger partial charge in [-0.25, -0.2) is 0 Å². The SMILES string of the molecule is O=C(Nc1ccc(Oc2ccncc2)cc1)c1n[nH]c2ccccc12. The Labute approximate surface area is 143 Å². The Morgan fingerprint density at radius 2 is 1.64 bits per heavy atom. The summed E-state index contributed by atoms with van der Waals surface area (Å²) in [5.41, 5.74) is 1.86. The molecule has 6 heteroatoms. The van der Waals surface area contributed by atoms with Crippen LogP contribution in [-0.2, 0) is 0 Å². The van der Waals surface area contributed by atoms with Crippen molar-refractivity contribution in [2.24, 2.45) is 0 Å². The van der Waals surface area contributed by atoms with Gasteiger partial charge < -0.3 is 10.1 Å². The number of pyridine rings is 1. The Kier molecular flexibility index (Phi) is 3.84. The number of nitrogens with one attached hydrogen (secondary N) is 2. The van der Waals surface area contributed by atoms with Gasteiger partial charge in [0.1, 0.15) is 11.5 Å². The van der Waals surface area contributed by atoms with Crippen LogP contribution < -0.4 is 10.1 Å². The first-order valence-electron chi connectivity index (χ1n) is 7.72. The Hall–Kier alpha value is -3.67. The molecule has 0 atom stereocenters. The van der Waals surface area contributed by atoms with Crippen LogP contribution in [0.25, 0.3) is 10.9 Å². The molecule has 6 nitrogen and oxygen atoms in total. The second kappa shape index (κ2) is 6.45. The fourth-order valence-corrected chi connectivity index (χ4v) is 2.48. The van der Waals surface area contributed by atoms with Crippen LogP contribution in [0.2, 0.25) is 0 Å². The standard InChI is InChI=1S/C19H14N4O2/c24-19(18-16-3-1-2-4-17(16)22-23-18)21-13-5-7-14(8-6-13)25-15-9-11-20-12-10-15/h1-12H,(H,21,24)(H,22,23). The summed E-state index contributed by atoms with van der Waals surface area (Å²) in [4.78, 5) is 16.4. The van der Waals surface area contributed by atoms with Crippen LogP contribution in [0, 0.1) is 0 Å². The summed E-state index contributed by atoms with van der Waals surface area (Å²) < 4.78 is 5.70. The summed E-state index contributed by atoms with van der Waals surface area (Å²) in [6.45, 7) is 0. The summed E-state index contributed by atoms with van der Waals surface area (Å²) in [7, 11) is 0. The van der Waals surface area contributed by atoms with Crippen LogP contribution in [0.5, 0.6) is 11.5 Å². The number of aromatic nitrogens is 3. The molecule has 0 fully saturated rings. The first-order valence-corrected chi connectivity index (χ1v) is 7.72. The number of ether oxygens (including phenoxy) is 1. The molecule has 0 saturated heterocycles. The number of amides is 1. The van der Waals surface area contributed by atoms with Gasteiger partial charge in [-0.2, -0.15) is 5.10 Å². The first-order chi connectivity index (χ1) is 12.3. The number of para-hydroxylation sites is 1. The highest BCUT2D eigenvalue weighted by molar-refractivity contribution is 6.11. The number of hydrogen-bond acceptors (Lipinski definition) is 4. The van der Waals surface area contributed by atoms with E-state index in [9.17, 15) is 4.79 Å². The van der Waals surface area contributed by atoms with Gasteiger partial charge in [0.25, 0.3) is 5.91 Å². The van der Waals surface area contributed by atoms with Crippen molar-refractivity contribution in [3.8, 4) is 11.5 Å². The highest BCUT2D eigenvalue weighted by Gasteiger charge is 2.13. The van der Waals surface area contributed by atoms with Crippen LogP contribution >= 0.6 is 0 Å². The zero-order chi connectivity index (χ0) is 17.1. The van der Waals surface area contributed by atoms with Crippen molar-refractivity contribution in [2.45, 2.75) is 0 Å². The minimum absolute atomic E-state index is 0.264. The number of benzene rings is 2. The number of aromatic amines is 1. The molecule has 0 aliphatic rings. The molecule has 4 aromatic rings. The third-order valence-electron chi connectivity index (χ3n) is 3.68. The predicted molar refractivity (Wildman–Crippen MR) is 94.8 cm³/mol. The first kappa shape index (κ1) is 14.9. The zero-order valence-electron chi connectivity index (χ0n) is 13.1. The van der Waals surface area contributed by atoms with Gasteiger partial charge in [0.2, 0.25) is 0 Å². The van der Waals surface area contributed by atoms with E-state index in [2.05, 4.69) is 20.5 Å². The molecule has 0 bridgehead atoms. The van der Waals surface area contributed by atoms with Crippen molar-refractivity contribution in [1.82, 2.24) is 15.2 Å². The van der Waals surface area contributed by atoms with Crippen molar-refractivity contribution >= 4 is 22.5 Å². The summed E-state index contributed by atoms with van der Waals surface area (Å²) in [6.07, 6.45) is 3.33. The van der Waals surface area contributed by atoms with E-state index < -0.39 is 0 Å². The van der Waals surface area contributed by atoms with E-state index >= 15 is 0 Å². The van der Waals surface area contributed by atoms with Gasteiger partial charge in [0.05, 0.1) is 5.52 Å². The lowest BCUT2D eigenvalue weighted by molar-refractivity contribution is 0.102. The number of anilines is 1. The van der Waals surface area contributed by atoms with Crippen molar-refractivity contribution in [1.29, 1.82) is 0 Å². The lowest BCUT2D eigenvalue weighted by atomic mass is 10.2. The van der Waals surface area contributed by atoms with Crippen LogP contribution in [0.1, 0.15) is 10.5 Å². The lowest BCUT2D eigenvalue weighted by Crippen LogP contribution is -2.12. The topological polar surface area (TPSA) is 79.9 Å². The van der Waals surface area contributed by atoms with Crippen molar-refractivity contribution in [2.75, 3.05) is 5.32 Å². The Morgan fingerprint density at radius 3 is 2.44 bits per heavy atom. The fourth-order valence-electron chi connectivity index (χ4n) is 2.48. The predicted octanol–water partition coefficient (Wildman–Crippen LogP) is 4.00. The van der Waals surface area contributed by atoms with Gasteiger partial charge in [-0.3, -0.25) is 14.9 Å². The molecule has 0 saturated carbocycles. The van der Waals surface area contributed by atoms with Crippen LogP contribution in [-0.4, -0.2) is 21.1 Å². The number of rotatable bonds is 4. The number of H-pyrrole nitrogens is 1. The molecular formula is C19H14N4O2. The van der Waals surface area contributed by atoms with E-state index in [4.69, 9.17) is 4.74 Å². The molecule has 0 spiro atoms. The Bertz CT molecular complexity index is 1010. The molecule has 4 rings (SSSR count). The number of carbonyl (C=O) groups is 1. The number of nitrogens with zero attached hydrogens (tertiary/aromatic N) is 2. The highest BCUT2D eigenvalue weighted by atomic mass is 16.5. The van der Waals surface area contributed by atoms with Gasteiger partial charge in [-0.15, -0.1) is 0 Å². The van der Waals surface area contributed by atoms with E-state index in [1.54, 1.807) is 48.8 Å². The van der Waals surface area contributed by atoms with E-state index in [-0.39, 0.29) is 5.91 Å². The highest BCUT2D eigenvalue weighted by Crippen LogP contribution is 2.23. The van der Waals surface area contributed by atoms with Gasteiger partial charge in [0.15, 0.2) is 5.69 Å². The normalized spacial score (nSPS) is 10.6. The quantitative estimate of drug-likeness (QED) is 0.592. The summed E-state index contributed by atoms with van der Waals surface area (Å²) in [5.74, 6) is 1.12. The molecule has 122 valence electrons. The zero-order valence-corrected chi connectivity index (χ0v) is 13.1. The third-order valence-corrected chi connectivity index (χ3v) is 3.68. The summed E-state index contributed by atoms with van der Waals surface area (Å²) >= 11 is 0. The smallest absolute Gasteiger partial charge is 0.276 e. The summed E-state index contributed by atoms with van der Waals surface area (Å²) in [5, 5.41) is 10.6. The number of carbonyl (C=O) groups excluding carboxylic acids is 1. The minimum atomic E-state index is -0.264. The average molecular weight is 330 g/mol. The molecule has 2 N–H and O–H groups in total.